The Hall–Kier alpha value is -3.93. The van der Waals surface area contributed by atoms with E-state index in [1.54, 1.807) is 17.0 Å². The molecule has 2 aromatic carbocycles. The average Bonchev–Trinajstić information content (AvgIpc) is 2.93. The zero-order valence-corrected chi connectivity index (χ0v) is 21.1. The van der Waals surface area contributed by atoms with E-state index in [2.05, 4.69) is 14.9 Å². The van der Waals surface area contributed by atoms with Crippen molar-refractivity contribution in [2.75, 3.05) is 62.2 Å². The van der Waals surface area contributed by atoms with Gasteiger partial charge in [0.1, 0.15) is 5.82 Å². The normalized spacial score (nSPS) is 17.0. The predicted octanol–water partition coefficient (Wildman–Crippen LogP) is 3.21. The summed E-state index contributed by atoms with van der Waals surface area (Å²) in [7, 11) is 0. The summed E-state index contributed by atoms with van der Waals surface area (Å²) in [6, 6.07) is 12.4. The molecular weight excluding hydrogens is 516 g/mol. The second-order valence-corrected chi connectivity index (χ2v) is 9.63. The molecule has 2 aliphatic heterocycles. The topological polar surface area (TPSA) is 75.8 Å². The van der Waals surface area contributed by atoms with Crippen LogP contribution in [0.25, 0.3) is 0 Å². The molecule has 12 heteroatoms. The number of aromatic amines is 1. The highest BCUT2D eigenvalue weighted by Gasteiger charge is 2.31. The van der Waals surface area contributed by atoms with Gasteiger partial charge >= 0.3 is 6.18 Å². The molecule has 2 fully saturated rings. The Morgan fingerprint density at radius 2 is 1.51 bits per heavy atom. The fourth-order valence-corrected chi connectivity index (χ4v) is 4.91. The Bertz CT molecular complexity index is 1360. The maximum Gasteiger partial charge on any atom is 0.416 e. The van der Waals surface area contributed by atoms with Gasteiger partial charge in [-0.15, -0.1) is 0 Å². The quantitative estimate of drug-likeness (QED) is 0.498. The highest BCUT2D eigenvalue weighted by molar-refractivity contribution is 5.94. The number of piperazine rings is 2. The Balaban J connectivity index is 1.17. The third-order valence-corrected chi connectivity index (χ3v) is 7.06. The van der Waals surface area contributed by atoms with E-state index >= 15 is 0 Å². The third kappa shape index (κ3) is 6.22. The van der Waals surface area contributed by atoms with Gasteiger partial charge < -0.3 is 14.7 Å². The Kier molecular flexibility index (Phi) is 7.56. The first kappa shape index (κ1) is 26.7. The molecule has 0 aliphatic carbocycles. The van der Waals surface area contributed by atoms with E-state index in [0.717, 1.165) is 12.1 Å². The number of H-pyrrole nitrogens is 1. The minimum atomic E-state index is -4.46. The highest BCUT2D eigenvalue weighted by atomic mass is 19.4. The molecule has 2 saturated heterocycles. The largest absolute Gasteiger partial charge is 0.416 e. The Labute approximate surface area is 222 Å². The average molecular weight is 545 g/mol. The van der Waals surface area contributed by atoms with Gasteiger partial charge in [-0.3, -0.25) is 19.5 Å². The molecule has 0 bridgehead atoms. The SMILES string of the molecule is O=C(c1ccc(C(F)(F)F)cc1)N1CCN(c2nc(CN3CCN(c4ccccc4F)CC3)cc(=O)[nH]2)CC1. The number of halogens is 4. The number of nitrogens with one attached hydrogen (secondary N) is 1. The summed E-state index contributed by atoms with van der Waals surface area (Å²) >= 11 is 0. The first-order valence-electron chi connectivity index (χ1n) is 12.7. The number of nitrogens with zero attached hydrogens (tertiary/aromatic N) is 5. The van der Waals surface area contributed by atoms with Crippen LogP contribution in [0.5, 0.6) is 0 Å². The predicted molar refractivity (Wildman–Crippen MR) is 138 cm³/mol. The summed E-state index contributed by atoms with van der Waals surface area (Å²) in [5, 5.41) is 0. The molecule has 0 spiro atoms. The summed E-state index contributed by atoms with van der Waals surface area (Å²) in [5.41, 5.74) is 0.329. The number of carbonyl (C=O) groups excluding carboxylic acids is 1. The van der Waals surface area contributed by atoms with Crippen molar-refractivity contribution in [3.63, 3.8) is 0 Å². The fraction of sp³-hybridized carbons (Fsp3) is 0.370. The minimum absolute atomic E-state index is 0.195. The van der Waals surface area contributed by atoms with Crippen LogP contribution in [0.4, 0.5) is 29.2 Å². The van der Waals surface area contributed by atoms with Crippen molar-refractivity contribution < 1.29 is 22.4 Å². The smallest absolute Gasteiger partial charge is 0.367 e. The number of benzene rings is 2. The second kappa shape index (κ2) is 11.0. The number of anilines is 2. The second-order valence-electron chi connectivity index (χ2n) is 9.63. The fourth-order valence-electron chi connectivity index (χ4n) is 4.91. The maximum atomic E-state index is 14.1. The third-order valence-electron chi connectivity index (χ3n) is 7.06. The number of aromatic nitrogens is 2. The van der Waals surface area contributed by atoms with E-state index in [-0.39, 0.29) is 22.8 Å². The summed E-state index contributed by atoms with van der Waals surface area (Å²) in [4.78, 5) is 40.2. The van der Waals surface area contributed by atoms with E-state index in [4.69, 9.17) is 0 Å². The zero-order chi connectivity index (χ0) is 27.6. The summed E-state index contributed by atoms with van der Waals surface area (Å²) in [6.07, 6.45) is -4.46. The van der Waals surface area contributed by atoms with Gasteiger partial charge in [0.2, 0.25) is 5.95 Å². The molecule has 206 valence electrons. The number of hydrogen-bond donors (Lipinski definition) is 1. The van der Waals surface area contributed by atoms with E-state index in [9.17, 15) is 27.2 Å². The molecule has 1 N–H and O–H groups in total. The standard InChI is InChI=1S/C27H28F4N6O2/c28-22-3-1-2-4-23(22)35-11-9-34(10-12-35)18-21-17-24(38)33-26(32-21)37-15-13-36(14-16-37)25(39)19-5-7-20(8-6-19)27(29,30)31/h1-8,17H,9-16,18H2,(H,32,33,38). The molecule has 5 rings (SSSR count). The molecule has 1 amide bonds. The summed E-state index contributed by atoms with van der Waals surface area (Å²) in [6.45, 7) is 4.70. The number of rotatable bonds is 5. The van der Waals surface area contributed by atoms with Crippen molar-refractivity contribution in [3.05, 3.63) is 87.6 Å². The summed E-state index contributed by atoms with van der Waals surface area (Å²) in [5.74, 6) is -0.162. The zero-order valence-electron chi connectivity index (χ0n) is 21.1. The van der Waals surface area contributed by atoms with Gasteiger partial charge in [-0.2, -0.15) is 13.2 Å². The monoisotopic (exact) mass is 544 g/mol. The van der Waals surface area contributed by atoms with Crippen LogP contribution in [0.15, 0.2) is 59.4 Å². The molecule has 2 aliphatic rings. The Morgan fingerprint density at radius 1 is 0.872 bits per heavy atom. The van der Waals surface area contributed by atoms with Gasteiger partial charge in [-0.25, -0.2) is 9.37 Å². The van der Waals surface area contributed by atoms with Gasteiger partial charge in [0.25, 0.3) is 11.5 Å². The lowest BCUT2D eigenvalue weighted by molar-refractivity contribution is -0.137. The lowest BCUT2D eigenvalue weighted by Crippen LogP contribution is -2.49. The van der Waals surface area contributed by atoms with Crippen molar-refractivity contribution in [1.82, 2.24) is 19.8 Å². The number of para-hydroxylation sites is 1. The molecule has 0 atom stereocenters. The molecule has 0 unspecified atom stereocenters. The van der Waals surface area contributed by atoms with Crippen molar-refractivity contribution >= 4 is 17.5 Å². The van der Waals surface area contributed by atoms with Gasteiger partial charge in [0.15, 0.2) is 0 Å². The highest BCUT2D eigenvalue weighted by Crippen LogP contribution is 2.29. The van der Waals surface area contributed by atoms with Gasteiger partial charge in [-0.05, 0) is 36.4 Å². The van der Waals surface area contributed by atoms with Crippen LogP contribution >= 0.6 is 0 Å². The first-order valence-corrected chi connectivity index (χ1v) is 12.7. The van der Waals surface area contributed by atoms with Crippen molar-refractivity contribution in [2.24, 2.45) is 0 Å². The molecule has 3 heterocycles. The molecule has 0 saturated carbocycles. The van der Waals surface area contributed by atoms with E-state index in [1.807, 2.05) is 15.9 Å². The van der Waals surface area contributed by atoms with Crippen molar-refractivity contribution in [3.8, 4) is 0 Å². The van der Waals surface area contributed by atoms with E-state index < -0.39 is 11.7 Å². The lowest BCUT2D eigenvalue weighted by Gasteiger charge is -2.36. The maximum absolute atomic E-state index is 14.1. The number of hydrogen-bond acceptors (Lipinski definition) is 6. The number of amides is 1. The molecule has 39 heavy (non-hydrogen) atoms. The number of carbonyl (C=O) groups is 1. The first-order chi connectivity index (χ1) is 18.7. The van der Waals surface area contributed by atoms with Crippen molar-refractivity contribution in [2.45, 2.75) is 12.7 Å². The van der Waals surface area contributed by atoms with Crippen LogP contribution in [-0.4, -0.2) is 78.0 Å². The summed E-state index contributed by atoms with van der Waals surface area (Å²) < 4.78 is 52.6. The van der Waals surface area contributed by atoms with Crippen LogP contribution in [0.3, 0.4) is 0 Å². The van der Waals surface area contributed by atoms with Crippen LogP contribution in [-0.2, 0) is 12.7 Å². The molecule has 8 nitrogen and oxygen atoms in total. The van der Waals surface area contributed by atoms with Crippen LogP contribution in [0.2, 0.25) is 0 Å². The molecular formula is C27H28F4N6O2. The lowest BCUT2D eigenvalue weighted by atomic mass is 10.1. The van der Waals surface area contributed by atoms with Crippen LogP contribution in [0.1, 0.15) is 21.6 Å². The molecule has 3 aromatic rings. The Morgan fingerprint density at radius 3 is 2.15 bits per heavy atom. The van der Waals surface area contributed by atoms with Crippen molar-refractivity contribution in [1.29, 1.82) is 0 Å². The molecule has 0 radical (unpaired) electrons. The van der Waals surface area contributed by atoms with Crippen LogP contribution in [0, 0.1) is 5.82 Å². The van der Waals surface area contributed by atoms with E-state index in [0.29, 0.717) is 76.2 Å². The van der Waals surface area contributed by atoms with Gasteiger partial charge in [-0.1, -0.05) is 12.1 Å². The van der Waals surface area contributed by atoms with Gasteiger partial charge in [0.05, 0.1) is 16.9 Å². The van der Waals surface area contributed by atoms with Gasteiger partial charge in [0, 0.05) is 70.5 Å². The van der Waals surface area contributed by atoms with E-state index in [1.165, 1.54) is 24.3 Å². The van der Waals surface area contributed by atoms with Crippen LogP contribution < -0.4 is 15.4 Å². The minimum Gasteiger partial charge on any atom is -0.367 e. The molecule has 1 aromatic heterocycles. The number of alkyl halides is 3.